The van der Waals surface area contributed by atoms with Crippen LogP contribution in [0.3, 0.4) is 0 Å². The van der Waals surface area contributed by atoms with Crippen molar-refractivity contribution in [1.29, 1.82) is 0 Å². The van der Waals surface area contributed by atoms with E-state index in [-0.39, 0.29) is 0 Å². The number of ether oxygens (including phenoxy) is 1. The standard InChI is InChI=1S/C12H21NOS/c1-4-6-7-10(13-5-2)12-11(14-3)8-9-15-12/h8-10,13H,4-7H2,1-3H3. The lowest BCUT2D eigenvalue weighted by Crippen LogP contribution is -2.20. The lowest BCUT2D eigenvalue weighted by atomic mass is 10.1. The van der Waals surface area contributed by atoms with Crippen molar-refractivity contribution < 1.29 is 4.74 Å². The molecule has 0 fully saturated rings. The van der Waals surface area contributed by atoms with Gasteiger partial charge in [0.15, 0.2) is 0 Å². The maximum atomic E-state index is 5.36. The molecule has 1 rings (SSSR count). The highest BCUT2D eigenvalue weighted by Crippen LogP contribution is 2.33. The van der Waals surface area contributed by atoms with Crippen molar-refractivity contribution >= 4 is 11.3 Å². The average Bonchev–Trinajstić information content (AvgIpc) is 2.72. The van der Waals surface area contributed by atoms with Crippen molar-refractivity contribution in [3.63, 3.8) is 0 Å². The molecule has 1 heterocycles. The molecule has 0 saturated carbocycles. The fourth-order valence-corrected chi connectivity index (χ4v) is 2.68. The lowest BCUT2D eigenvalue weighted by Gasteiger charge is -2.17. The molecule has 1 unspecified atom stereocenters. The van der Waals surface area contributed by atoms with Crippen LogP contribution in [0.2, 0.25) is 0 Å². The Morgan fingerprint density at radius 3 is 2.87 bits per heavy atom. The summed E-state index contributed by atoms with van der Waals surface area (Å²) in [5.41, 5.74) is 0. The summed E-state index contributed by atoms with van der Waals surface area (Å²) < 4.78 is 5.36. The van der Waals surface area contributed by atoms with E-state index in [0.717, 1.165) is 12.3 Å². The molecule has 2 nitrogen and oxygen atoms in total. The SMILES string of the molecule is CCCCC(NCC)c1sccc1OC. The van der Waals surface area contributed by atoms with Crippen LogP contribution in [0.4, 0.5) is 0 Å². The minimum atomic E-state index is 0.463. The van der Waals surface area contributed by atoms with Crippen LogP contribution >= 0.6 is 11.3 Å². The molecule has 0 aliphatic carbocycles. The highest BCUT2D eigenvalue weighted by molar-refractivity contribution is 7.10. The molecule has 3 heteroatoms. The van der Waals surface area contributed by atoms with Crippen LogP contribution in [0.5, 0.6) is 5.75 Å². The van der Waals surface area contributed by atoms with Crippen LogP contribution in [0.1, 0.15) is 44.0 Å². The first-order chi connectivity index (χ1) is 7.33. The van der Waals surface area contributed by atoms with Crippen LogP contribution < -0.4 is 10.1 Å². The second kappa shape index (κ2) is 6.85. The molecule has 1 atom stereocenters. The van der Waals surface area contributed by atoms with Crippen molar-refractivity contribution in [1.82, 2.24) is 5.32 Å². The van der Waals surface area contributed by atoms with Crippen molar-refractivity contribution in [3.05, 3.63) is 16.3 Å². The molecule has 0 bridgehead atoms. The van der Waals surface area contributed by atoms with Gasteiger partial charge < -0.3 is 10.1 Å². The summed E-state index contributed by atoms with van der Waals surface area (Å²) in [6, 6.07) is 2.51. The van der Waals surface area contributed by atoms with E-state index < -0.39 is 0 Å². The summed E-state index contributed by atoms with van der Waals surface area (Å²) in [5, 5.41) is 5.63. The molecular weight excluding hydrogens is 206 g/mol. The topological polar surface area (TPSA) is 21.3 Å². The predicted molar refractivity (Wildman–Crippen MR) is 66.8 cm³/mol. The fraction of sp³-hybridized carbons (Fsp3) is 0.667. The number of hydrogen-bond acceptors (Lipinski definition) is 3. The molecule has 0 aromatic carbocycles. The molecule has 0 amide bonds. The van der Waals surface area contributed by atoms with Gasteiger partial charge in [-0.05, 0) is 24.4 Å². The fourth-order valence-electron chi connectivity index (χ4n) is 1.71. The number of methoxy groups -OCH3 is 1. The van der Waals surface area contributed by atoms with E-state index >= 15 is 0 Å². The molecule has 0 saturated heterocycles. The monoisotopic (exact) mass is 227 g/mol. The van der Waals surface area contributed by atoms with Gasteiger partial charge >= 0.3 is 0 Å². The van der Waals surface area contributed by atoms with Crippen molar-refractivity contribution in [3.8, 4) is 5.75 Å². The van der Waals surface area contributed by atoms with Gasteiger partial charge in [-0.1, -0.05) is 26.7 Å². The summed E-state index contributed by atoms with van der Waals surface area (Å²) in [6.07, 6.45) is 3.70. The first kappa shape index (κ1) is 12.5. The normalized spacial score (nSPS) is 12.7. The van der Waals surface area contributed by atoms with Crippen LogP contribution in [-0.2, 0) is 0 Å². The molecule has 0 aliphatic rings. The third-order valence-electron chi connectivity index (χ3n) is 2.49. The first-order valence-electron chi connectivity index (χ1n) is 5.68. The second-order valence-corrected chi connectivity index (χ2v) is 4.55. The summed E-state index contributed by atoms with van der Waals surface area (Å²) in [6.45, 7) is 5.39. The Hall–Kier alpha value is -0.540. The molecule has 15 heavy (non-hydrogen) atoms. The van der Waals surface area contributed by atoms with Crippen LogP contribution in [0, 0.1) is 0 Å². The van der Waals surface area contributed by atoms with Gasteiger partial charge in [-0.2, -0.15) is 0 Å². The van der Waals surface area contributed by atoms with Gasteiger partial charge in [0.05, 0.1) is 12.0 Å². The Morgan fingerprint density at radius 2 is 2.27 bits per heavy atom. The molecule has 0 aliphatic heterocycles. The Kier molecular flexibility index (Phi) is 5.73. The Bertz CT molecular complexity index is 272. The number of thiophene rings is 1. The zero-order valence-corrected chi connectivity index (χ0v) is 10.7. The van der Waals surface area contributed by atoms with E-state index in [1.807, 2.05) is 0 Å². The third kappa shape index (κ3) is 3.50. The minimum Gasteiger partial charge on any atom is -0.496 e. The van der Waals surface area contributed by atoms with Gasteiger partial charge in [0, 0.05) is 6.04 Å². The Labute approximate surface area is 96.7 Å². The first-order valence-corrected chi connectivity index (χ1v) is 6.56. The van der Waals surface area contributed by atoms with Crippen LogP contribution in [0.15, 0.2) is 11.4 Å². The molecule has 1 aromatic heterocycles. The van der Waals surface area contributed by atoms with Gasteiger partial charge in [-0.15, -0.1) is 11.3 Å². The third-order valence-corrected chi connectivity index (χ3v) is 3.50. The zero-order chi connectivity index (χ0) is 11.1. The van der Waals surface area contributed by atoms with E-state index in [4.69, 9.17) is 4.74 Å². The van der Waals surface area contributed by atoms with Gasteiger partial charge in [0.2, 0.25) is 0 Å². The number of nitrogens with one attached hydrogen (secondary N) is 1. The highest BCUT2D eigenvalue weighted by Gasteiger charge is 2.15. The summed E-state index contributed by atoms with van der Waals surface area (Å²) >= 11 is 1.79. The van der Waals surface area contributed by atoms with E-state index in [1.54, 1.807) is 18.4 Å². The van der Waals surface area contributed by atoms with Gasteiger partial charge in [0.1, 0.15) is 5.75 Å². The van der Waals surface area contributed by atoms with Crippen LogP contribution in [0.25, 0.3) is 0 Å². The van der Waals surface area contributed by atoms with Crippen molar-refractivity contribution in [2.24, 2.45) is 0 Å². The molecular formula is C12H21NOS. The van der Waals surface area contributed by atoms with Gasteiger partial charge in [-0.25, -0.2) is 0 Å². The molecule has 0 spiro atoms. The van der Waals surface area contributed by atoms with Gasteiger partial charge in [-0.3, -0.25) is 0 Å². The maximum Gasteiger partial charge on any atom is 0.134 e. The van der Waals surface area contributed by atoms with E-state index in [2.05, 4.69) is 30.6 Å². The Morgan fingerprint density at radius 1 is 1.47 bits per heavy atom. The minimum absolute atomic E-state index is 0.463. The van der Waals surface area contributed by atoms with E-state index in [9.17, 15) is 0 Å². The smallest absolute Gasteiger partial charge is 0.134 e. The maximum absolute atomic E-state index is 5.36. The zero-order valence-electron chi connectivity index (χ0n) is 9.88. The quantitative estimate of drug-likeness (QED) is 0.768. The van der Waals surface area contributed by atoms with Gasteiger partial charge in [0.25, 0.3) is 0 Å². The summed E-state index contributed by atoms with van der Waals surface area (Å²) in [5.74, 6) is 1.03. The lowest BCUT2D eigenvalue weighted by molar-refractivity contribution is 0.399. The van der Waals surface area contributed by atoms with E-state index in [1.165, 1.54) is 24.1 Å². The number of hydrogen-bond donors (Lipinski definition) is 1. The summed E-state index contributed by atoms with van der Waals surface area (Å²) in [7, 11) is 1.74. The van der Waals surface area contributed by atoms with Crippen molar-refractivity contribution in [2.45, 2.75) is 39.2 Å². The van der Waals surface area contributed by atoms with Crippen LogP contribution in [-0.4, -0.2) is 13.7 Å². The number of unbranched alkanes of at least 4 members (excludes halogenated alkanes) is 1. The summed E-state index contributed by atoms with van der Waals surface area (Å²) in [4.78, 5) is 1.34. The van der Waals surface area contributed by atoms with E-state index in [0.29, 0.717) is 6.04 Å². The Balaban J connectivity index is 2.69. The van der Waals surface area contributed by atoms with Crippen molar-refractivity contribution in [2.75, 3.05) is 13.7 Å². The largest absolute Gasteiger partial charge is 0.496 e. The highest BCUT2D eigenvalue weighted by atomic mass is 32.1. The molecule has 0 radical (unpaired) electrons. The molecule has 1 aromatic rings. The predicted octanol–water partition coefficient (Wildman–Crippen LogP) is 3.60. The average molecular weight is 227 g/mol. The molecule has 1 N–H and O–H groups in total. The number of rotatable bonds is 7. The second-order valence-electron chi connectivity index (χ2n) is 3.61. The molecule has 86 valence electrons.